The average molecular weight is 523 g/mol. The van der Waals surface area contributed by atoms with E-state index in [0.717, 1.165) is 49.0 Å². The minimum atomic E-state index is -0.904. The Kier molecular flexibility index (Phi) is 7.35. The van der Waals surface area contributed by atoms with Crippen molar-refractivity contribution in [2.45, 2.75) is 25.8 Å². The standard InChI is InChI=1S/C29H25ClF2N2O3/c30-21-4-1-19(2-5-21)17-34(27-8-6-22(31)15-25(27)32)29(36)24-16-33-26-7-3-20(14-23(26)28(24)35)13-18-9-11-37-12-10-18/h1-8,14-16,18H,9-13,17H2,(H,33,35). The summed E-state index contributed by atoms with van der Waals surface area (Å²) in [6.07, 6.45) is 4.10. The van der Waals surface area contributed by atoms with Crippen molar-refractivity contribution >= 4 is 34.1 Å². The second-order valence-corrected chi connectivity index (χ2v) is 9.72. The first-order valence-electron chi connectivity index (χ1n) is 12.1. The van der Waals surface area contributed by atoms with Crippen molar-refractivity contribution in [1.82, 2.24) is 4.98 Å². The predicted molar refractivity (Wildman–Crippen MR) is 140 cm³/mol. The smallest absolute Gasteiger partial charge is 0.264 e. The maximum Gasteiger partial charge on any atom is 0.264 e. The molecule has 5 rings (SSSR count). The predicted octanol–water partition coefficient (Wildman–Crippen LogP) is 6.28. The van der Waals surface area contributed by atoms with E-state index in [2.05, 4.69) is 4.98 Å². The molecular weight excluding hydrogens is 498 g/mol. The monoisotopic (exact) mass is 522 g/mol. The quantitative estimate of drug-likeness (QED) is 0.324. The normalized spacial score (nSPS) is 14.1. The number of amides is 1. The highest BCUT2D eigenvalue weighted by molar-refractivity contribution is 6.30. The van der Waals surface area contributed by atoms with Crippen molar-refractivity contribution in [1.29, 1.82) is 0 Å². The van der Waals surface area contributed by atoms with Crippen molar-refractivity contribution < 1.29 is 18.3 Å². The van der Waals surface area contributed by atoms with Crippen LogP contribution in [0.25, 0.3) is 10.9 Å². The lowest BCUT2D eigenvalue weighted by molar-refractivity contribution is 0.0665. The minimum Gasteiger partial charge on any atom is -0.381 e. The number of nitrogens with zero attached hydrogens (tertiary/aromatic N) is 1. The van der Waals surface area contributed by atoms with Gasteiger partial charge in [-0.15, -0.1) is 0 Å². The number of benzene rings is 3. The molecule has 190 valence electrons. The van der Waals surface area contributed by atoms with Gasteiger partial charge < -0.3 is 14.6 Å². The van der Waals surface area contributed by atoms with Gasteiger partial charge in [0.15, 0.2) is 0 Å². The Morgan fingerprint density at radius 3 is 2.46 bits per heavy atom. The highest BCUT2D eigenvalue weighted by Gasteiger charge is 2.25. The maximum absolute atomic E-state index is 14.8. The van der Waals surface area contributed by atoms with E-state index in [-0.39, 0.29) is 17.8 Å². The van der Waals surface area contributed by atoms with Crippen LogP contribution in [0, 0.1) is 17.6 Å². The lowest BCUT2D eigenvalue weighted by Gasteiger charge is -2.24. The number of carbonyl (C=O) groups excluding carboxylic acids is 1. The molecule has 0 atom stereocenters. The van der Waals surface area contributed by atoms with E-state index in [1.54, 1.807) is 24.3 Å². The van der Waals surface area contributed by atoms with Crippen molar-refractivity contribution in [2.24, 2.45) is 5.92 Å². The van der Waals surface area contributed by atoms with Crippen LogP contribution < -0.4 is 10.3 Å². The Hall–Kier alpha value is -3.55. The molecule has 5 nitrogen and oxygen atoms in total. The summed E-state index contributed by atoms with van der Waals surface area (Å²) in [5.41, 5.74) is 1.57. The van der Waals surface area contributed by atoms with Gasteiger partial charge in [-0.2, -0.15) is 0 Å². The molecule has 37 heavy (non-hydrogen) atoms. The van der Waals surface area contributed by atoms with Gasteiger partial charge >= 0.3 is 0 Å². The average Bonchev–Trinajstić information content (AvgIpc) is 2.90. The fraction of sp³-hybridized carbons (Fsp3) is 0.241. The molecule has 3 aromatic carbocycles. The summed E-state index contributed by atoms with van der Waals surface area (Å²) in [4.78, 5) is 31.4. The van der Waals surface area contributed by atoms with Crippen LogP contribution in [-0.4, -0.2) is 24.1 Å². The van der Waals surface area contributed by atoms with Crippen molar-refractivity contribution in [3.8, 4) is 0 Å². The number of H-pyrrole nitrogens is 1. The van der Waals surface area contributed by atoms with Crippen LogP contribution in [0.1, 0.15) is 34.3 Å². The van der Waals surface area contributed by atoms with Gasteiger partial charge in [0.25, 0.3) is 5.91 Å². The van der Waals surface area contributed by atoms with E-state index in [4.69, 9.17) is 16.3 Å². The third kappa shape index (κ3) is 5.58. The highest BCUT2D eigenvalue weighted by atomic mass is 35.5. The largest absolute Gasteiger partial charge is 0.381 e. The molecule has 0 unspecified atom stereocenters. The second kappa shape index (κ2) is 10.8. The van der Waals surface area contributed by atoms with Crippen LogP contribution in [0.4, 0.5) is 14.5 Å². The van der Waals surface area contributed by atoms with Crippen molar-refractivity contribution in [2.75, 3.05) is 18.1 Å². The Morgan fingerprint density at radius 1 is 1.00 bits per heavy atom. The number of pyridine rings is 1. The molecule has 1 fully saturated rings. The molecule has 1 aliphatic rings. The van der Waals surface area contributed by atoms with Gasteiger partial charge in [-0.25, -0.2) is 8.78 Å². The molecule has 1 N–H and O–H groups in total. The summed E-state index contributed by atoms with van der Waals surface area (Å²) in [6.45, 7) is 1.43. The van der Waals surface area contributed by atoms with Crippen molar-refractivity contribution in [3.63, 3.8) is 0 Å². The van der Waals surface area contributed by atoms with Gasteiger partial charge in [0.2, 0.25) is 5.43 Å². The second-order valence-electron chi connectivity index (χ2n) is 9.28. The van der Waals surface area contributed by atoms with Crippen LogP contribution >= 0.6 is 11.6 Å². The molecular formula is C29H25ClF2N2O3. The molecule has 0 saturated carbocycles. The fourth-order valence-electron chi connectivity index (χ4n) is 4.72. The minimum absolute atomic E-state index is 0.0418. The number of rotatable bonds is 6. The molecule has 2 heterocycles. The number of nitrogens with one attached hydrogen (secondary N) is 1. The number of hydrogen-bond donors (Lipinski definition) is 1. The lowest BCUT2D eigenvalue weighted by atomic mass is 9.92. The zero-order valence-electron chi connectivity index (χ0n) is 20.0. The summed E-state index contributed by atoms with van der Waals surface area (Å²) in [5, 5.41) is 0.901. The van der Waals surface area contributed by atoms with Crippen LogP contribution in [0.5, 0.6) is 0 Å². The molecule has 0 spiro atoms. The molecule has 1 saturated heterocycles. The summed E-state index contributed by atoms with van der Waals surface area (Å²) >= 11 is 5.98. The van der Waals surface area contributed by atoms with Crippen LogP contribution in [0.3, 0.4) is 0 Å². The fourth-order valence-corrected chi connectivity index (χ4v) is 4.85. The van der Waals surface area contributed by atoms with E-state index >= 15 is 0 Å². The van der Waals surface area contributed by atoms with Gasteiger partial charge in [0, 0.05) is 41.4 Å². The molecule has 0 radical (unpaired) electrons. The zero-order valence-corrected chi connectivity index (χ0v) is 20.7. The first kappa shape index (κ1) is 25.1. The van der Waals surface area contributed by atoms with E-state index in [1.165, 1.54) is 12.3 Å². The SMILES string of the molecule is O=C(c1c[nH]c2ccc(CC3CCOCC3)cc2c1=O)N(Cc1ccc(Cl)cc1)c1ccc(F)cc1F. The number of fused-ring (bicyclic) bond motifs is 1. The number of anilines is 1. The Bertz CT molecular complexity index is 1500. The topological polar surface area (TPSA) is 62.4 Å². The number of halogens is 3. The summed E-state index contributed by atoms with van der Waals surface area (Å²) < 4.78 is 33.9. The molecule has 1 aliphatic heterocycles. The maximum atomic E-state index is 14.8. The number of hydrogen-bond acceptors (Lipinski definition) is 3. The molecule has 1 amide bonds. The number of carbonyl (C=O) groups is 1. The van der Waals surface area contributed by atoms with Gasteiger partial charge in [0.1, 0.15) is 17.2 Å². The Morgan fingerprint density at radius 2 is 1.73 bits per heavy atom. The molecule has 8 heteroatoms. The van der Waals surface area contributed by atoms with E-state index in [0.29, 0.717) is 33.5 Å². The van der Waals surface area contributed by atoms with Crippen molar-refractivity contribution in [3.05, 3.63) is 110 Å². The van der Waals surface area contributed by atoms with Gasteiger partial charge in [-0.1, -0.05) is 29.8 Å². The highest BCUT2D eigenvalue weighted by Crippen LogP contribution is 2.26. The molecule has 4 aromatic rings. The lowest BCUT2D eigenvalue weighted by Crippen LogP contribution is -2.34. The number of ether oxygens (including phenoxy) is 1. The Labute approximate surface area is 217 Å². The summed E-state index contributed by atoms with van der Waals surface area (Å²) in [5.74, 6) is -1.89. The first-order valence-corrected chi connectivity index (χ1v) is 12.5. The molecule has 0 aliphatic carbocycles. The third-order valence-electron chi connectivity index (χ3n) is 6.74. The molecule has 1 aromatic heterocycles. The summed E-state index contributed by atoms with van der Waals surface area (Å²) in [6, 6.07) is 15.3. The summed E-state index contributed by atoms with van der Waals surface area (Å²) in [7, 11) is 0. The van der Waals surface area contributed by atoms with Crippen LogP contribution in [0.15, 0.2) is 71.7 Å². The molecule has 0 bridgehead atoms. The van der Waals surface area contributed by atoms with Gasteiger partial charge in [0.05, 0.1) is 12.2 Å². The first-order chi connectivity index (χ1) is 17.9. The zero-order chi connectivity index (χ0) is 25.9. The Balaban J connectivity index is 1.52. The van der Waals surface area contributed by atoms with Crippen LogP contribution in [-0.2, 0) is 17.7 Å². The number of aromatic nitrogens is 1. The third-order valence-corrected chi connectivity index (χ3v) is 6.99. The number of aromatic amines is 1. The van der Waals surface area contributed by atoms with E-state index < -0.39 is 23.0 Å². The van der Waals surface area contributed by atoms with Gasteiger partial charge in [-0.05, 0) is 72.7 Å². The van der Waals surface area contributed by atoms with E-state index in [1.807, 2.05) is 18.2 Å². The van der Waals surface area contributed by atoms with Crippen LogP contribution in [0.2, 0.25) is 5.02 Å². The van der Waals surface area contributed by atoms with Gasteiger partial charge in [-0.3, -0.25) is 9.59 Å². The van der Waals surface area contributed by atoms with E-state index in [9.17, 15) is 18.4 Å².